The van der Waals surface area contributed by atoms with Crippen LogP contribution in [0, 0.1) is 0 Å². The minimum Gasteiger partial charge on any atom is -0.497 e. The Kier molecular flexibility index (Phi) is 9.04. The zero-order valence-corrected chi connectivity index (χ0v) is 16.2. The number of methoxy groups -OCH3 is 1. The molecule has 0 saturated heterocycles. The standard InChI is InChI=1S/C22H29NO4/c1-3-4-5-16-26-20-10-8-18(9-11-20)23-22(24)7-6-17-27-21-14-12-19(25-2)13-15-21/h8-15H,3-7,16-17H2,1-2H3,(H,23,24). The first-order chi connectivity index (χ1) is 13.2. The zero-order valence-electron chi connectivity index (χ0n) is 16.2. The van der Waals surface area contributed by atoms with Gasteiger partial charge in [0.25, 0.3) is 0 Å². The van der Waals surface area contributed by atoms with E-state index in [4.69, 9.17) is 14.2 Å². The topological polar surface area (TPSA) is 56.8 Å². The third-order valence-corrected chi connectivity index (χ3v) is 4.03. The van der Waals surface area contributed by atoms with Gasteiger partial charge in [-0.1, -0.05) is 19.8 Å². The Morgan fingerprint density at radius 2 is 1.37 bits per heavy atom. The molecule has 0 spiro atoms. The van der Waals surface area contributed by atoms with Gasteiger partial charge in [-0.25, -0.2) is 0 Å². The molecule has 0 aliphatic heterocycles. The van der Waals surface area contributed by atoms with E-state index in [9.17, 15) is 4.79 Å². The second-order valence-corrected chi connectivity index (χ2v) is 6.26. The summed E-state index contributed by atoms with van der Waals surface area (Å²) in [4.78, 5) is 12.0. The van der Waals surface area contributed by atoms with Gasteiger partial charge in [0.2, 0.25) is 5.91 Å². The maximum absolute atomic E-state index is 12.0. The van der Waals surface area contributed by atoms with Gasteiger partial charge < -0.3 is 19.5 Å². The van der Waals surface area contributed by atoms with Crippen molar-refractivity contribution in [1.82, 2.24) is 0 Å². The average Bonchev–Trinajstić information content (AvgIpc) is 2.70. The lowest BCUT2D eigenvalue weighted by Gasteiger charge is -2.09. The molecule has 2 aromatic carbocycles. The van der Waals surface area contributed by atoms with Gasteiger partial charge in [0.15, 0.2) is 0 Å². The molecule has 27 heavy (non-hydrogen) atoms. The van der Waals surface area contributed by atoms with Crippen molar-refractivity contribution in [3.8, 4) is 17.2 Å². The van der Waals surface area contributed by atoms with E-state index >= 15 is 0 Å². The van der Waals surface area contributed by atoms with Gasteiger partial charge in [-0.2, -0.15) is 0 Å². The lowest BCUT2D eigenvalue weighted by Crippen LogP contribution is -2.12. The predicted octanol–water partition coefficient (Wildman–Crippen LogP) is 5.06. The van der Waals surface area contributed by atoms with Crippen LogP contribution in [0.5, 0.6) is 17.2 Å². The van der Waals surface area contributed by atoms with Crippen molar-refractivity contribution >= 4 is 11.6 Å². The molecule has 5 nitrogen and oxygen atoms in total. The molecule has 1 N–H and O–H groups in total. The minimum absolute atomic E-state index is 0.0232. The first-order valence-electron chi connectivity index (χ1n) is 9.51. The highest BCUT2D eigenvalue weighted by Gasteiger charge is 2.04. The predicted molar refractivity (Wildman–Crippen MR) is 108 cm³/mol. The van der Waals surface area contributed by atoms with Crippen LogP contribution < -0.4 is 19.5 Å². The molecule has 0 fully saturated rings. The Morgan fingerprint density at radius 1 is 0.815 bits per heavy atom. The largest absolute Gasteiger partial charge is 0.497 e. The summed E-state index contributed by atoms with van der Waals surface area (Å²) >= 11 is 0. The minimum atomic E-state index is -0.0232. The van der Waals surface area contributed by atoms with E-state index in [1.807, 2.05) is 48.5 Å². The zero-order chi connectivity index (χ0) is 19.3. The SMILES string of the molecule is CCCCCOc1ccc(NC(=O)CCCOc2ccc(OC)cc2)cc1. The van der Waals surface area contributed by atoms with Gasteiger partial charge in [-0.15, -0.1) is 0 Å². The molecule has 2 rings (SSSR count). The molecule has 0 aliphatic rings. The number of hydrogen-bond acceptors (Lipinski definition) is 4. The van der Waals surface area contributed by atoms with Crippen LogP contribution in [0.25, 0.3) is 0 Å². The van der Waals surface area contributed by atoms with Crippen LogP contribution in [0.2, 0.25) is 0 Å². The van der Waals surface area contributed by atoms with Crippen LogP contribution in [-0.2, 0) is 4.79 Å². The summed E-state index contributed by atoms with van der Waals surface area (Å²) in [5.41, 5.74) is 0.775. The molecule has 0 aromatic heterocycles. The molecule has 0 radical (unpaired) electrons. The van der Waals surface area contributed by atoms with E-state index in [2.05, 4.69) is 12.2 Å². The van der Waals surface area contributed by atoms with Crippen molar-refractivity contribution in [2.75, 3.05) is 25.6 Å². The molecule has 146 valence electrons. The quantitative estimate of drug-likeness (QED) is 0.530. The number of anilines is 1. The number of unbranched alkanes of at least 4 members (excludes halogenated alkanes) is 2. The normalized spacial score (nSPS) is 10.3. The van der Waals surface area contributed by atoms with E-state index in [0.29, 0.717) is 19.4 Å². The number of carbonyl (C=O) groups is 1. The molecule has 1 amide bonds. The monoisotopic (exact) mass is 371 g/mol. The molecule has 0 unspecified atom stereocenters. The van der Waals surface area contributed by atoms with Crippen LogP contribution in [0.15, 0.2) is 48.5 Å². The average molecular weight is 371 g/mol. The van der Waals surface area contributed by atoms with Crippen LogP contribution in [0.4, 0.5) is 5.69 Å². The Balaban J connectivity index is 1.63. The van der Waals surface area contributed by atoms with E-state index in [0.717, 1.165) is 36.0 Å². The number of amides is 1. The third kappa shape index (κ3) is 8.03. The maximum Gasteiger partial charge on any atom is 0.224 e. The highest BCUT2D eigenvalue weighted by Crippen LogP contribution is 2.18. The second-order valence-electron chi connectivity index (χ2n) is 6.26. The molecule has 0 heterocycles. The number of benzene rings is 2. The van der Waals surface area contributed by atoms with E-state index in [-0.39, 0.29) is 5.91 Å². The van der Waals surface area contributed by atoms with Crippen molar-refractivity contribution in [2.24, 2.45) is 0 Å². The summed E-state index contributed by atoms with van der Waals surface area (Å²) in [6, 6.07) is 14.9. The van der Waals surface area contributed by atoms with Gasteiger partial charge in [-0.3, -0.25) is 4.79 Å². The van der Waals surface area contributed by atoms with Gasteiger partial charge in [0, 0.05) is 12.1 Å². The number of hydrogen-bond donors (Lipinski definition) is 1. The highest BCUT2D eigenvalue weighted by atomic mass is 16.5. The van der Waals surface area contributed by atoms with Gasteiger partial charge >= 0.3 is 0 Å². The van der Waals surface area contributed by atoms with E-state index in [1.54, 1.807) is 7.11 Å². The lowest BCUT2D eigenvalue weighted by molar-refractivity contribution is -0.116. The number of rotatable bonds is 12. The van der Waals surface area contributed by atoms with Crippen LogP contribution >= 0.6 is 0 Å². The summed E-state index contributed by atoms with van der Waals surface area (Å²) < 4.78 is 16.4. The summed E-state index contributed by atoms with van der Waals surface area (Å²) in [5, 5.41) is 2.89. The number of ether oxygens (including phenoxy) is 3. The number of nitrogens with one attached hydrogen (secondary N) is 1. The molecule has 0 atom stereocenters. The van der Waals surface area contributed by atoms with Gasteiger partial charge in [-0.05, 0) is 61.4 Å². The summed E-state index contributed by atoms with van der Waals surface area (Å²) in [6.45, 7) is 3.39. The Hall–Kier alpha value is -2.69. The fourth-order valence-electron chi connectivity index (χ4n) is 2.49. The molecular weight excluding hydrogens is 342 g/mol. The highest BCUT2D eigenvalue weighted by molar-refractivity contribution is 5.90. The Morgan fingerprint density at radius 3 is 1.96 bits per heavy atom. The molecular formula is C22H29NO4. The number of carbonyl (C=O) groups excluding carboxylic acids is 1. The molecule has 2 aromatic rings. The summed E-state index contributed by atoms with van der Waals surface area (Å²) in [7, 11) is 1.63. The smallest absolute Gasteiger partial charge is 0.224 e. The van der Waals surface area contributed by atoms with Gasteiger partial charge in [0.05, 0.1) is 20.3 Å². The third-order valence-electron chi connectivity index (χ3n) is 4.03. The molecule has 5 heteroatoms. The second kappa shape index (κ2) is 11.8. The summed E-state index contributed by atoms with van der Waals surface area (Å²) in [5.74, 6) is 2.37. The maximum atomic E-state index is 12.0. The lowest BCUT2D eigenvalue weighted by atomic mass is 10.2. The first kappa shape index (κ1) is 20.6. The molecule has 0 bridgehead atoms. The van der Waals surface area contributed by atoms with Crippen LogP contribution in [0.3, 0.4) is 0 Å². The Labute approximate surface area is 161 Å². The molecule has 0 saturated carbocycles. The van der Waals surface area contributed by atoms with Crippen molar-refractivity contribution in [1.29, 1.82) is 0 Å². The van der Waals surface area contributed by atoms with Crippen LogP contribution in [-0.4, -0.2) is 26.2 Å². The molecule has 0 aliphatic carbocycles. The van der Waals surface area contributed by atoms with E-state index < -0.39 is 0 Å². The van der Waals surface area contributed by atoms with Crippen molar-refractivity contribution < 1.29 is 19.0 Å². The Bertz CT molecular complexity index is 668. The van der Waals surface area contributed by atoms with Crippen molar-refractivity contribution in [3.63, 3.8) is 0 Å². The summed E-state index contributed by atoms with van der Waals surface area (Å²) in [6.07, 6.45) is 4.48. The van der Waals surface area contributed by atoms with Crippen LogP contribution in [0.1, 0.15) is 39.0 Å². The fraction of sp³-hybridized carbons (Fsp3) is 0.409. The van der Waals surface area contributed by atoms with Gasteiger partial charge in [0.1, 0.15) is 17.2 Å². The fourth-order valence-corrected chi connectivity index (χ4v) is 2.49. The first-order valence-corrected chi connectivity index (χ1v) is 9.51. The van der Waals surface area contributed by atoms with Crippen molar-refractivity contribution in [2.45, 2.75) is 39.0 Å². The van der Waals surface area contributed by atoms with E-state index in [1.165, 1.54) is 12.8 Å². The van der Waals surface area contributed by atoms with Crippen molar-refractivity contribution in [3.05, 3.63) is 48.5 Å².